The Bertz CT molecular complexity index is 1170. The molecule has 140 valence electrons. The molecule has 0 saturated heterocycles. The van der Waals surface area contributed by atoms with E-state index in [0.29, 0.717) is 0 Å². The van der Waals surface area contributed by atoms with Crippen molar-refractivity contribution in [3.63, 3.8) is 0 Å². The molecule has 0 unspecified atom stereocenters. The van der Waals surface area contributed by atoms with Crippen LogP contribution in [0.1, 0.15) is 22.5 Å². The Hall–Kier alpha value is -3.65. The summed E-state index contributed by atoms with van der Waals surface area (Å²) in [5, 5.41) is 1.04. The minimum Gasteiger partial charge on any atom is -0.459 e. The van der Waals surface area contributed by atoms with Gasteiger partial charge in [-0.2, -0.15) is 0 Å². The molecule has 0 amide bonds. The molecule has 0 N–H and O–H groups in total. The van der Waals surface area contributed by atoms with Crippen LogP contribution in [0.2, 0.25) is 0 Å². The van der Waals surface area contributed by atoms with Crippen molar-refractivity contribution in [1.29, 1.82) is 0 Å². The first-order chi connectivity index (χ1) is 14.3. The lowest BCUT2D eigenvalue weighted by Gasteiger charge is -2.34. The van der Waals surface area contributed by atoms with Crippen molar-refractivity contribution in [2.75, 3.05) is 0 Å². The quantitative estimate of drug-likeness (QED) is 0.308. The second kappa shape index (κ2) is 7.06. The molecule has 29 heavy (non-hydrogen) atoms. The average Bonchev–Trinajstić information content (AvgIpc) is 3.21. The Balaban J connectivity index is 1.92. The Morgan fingerprint density at radius 3 is 1.66 bits per heavy atom. The standard InChI is InChI=1S/C27H19FO/c28-24-17-15-23(16-18-24)27(21-10-3-1-4-11-21,22-12-5-2-6-13-22)26-19-20-9-7-8-14-25(20)29-26/h1-19H. The Morgan fingerprint density at radius 2 is 1.07 bits per heavy atom. The second-order valence-corrected chi connectivity index (χ2v) is 7.14. The molecule has 2 heteroatoms. The van der Waals surface area contributed by atoms with E-state index in [1.54, 1.807) is 0 Å². The van der Waals surface area contributed by atoms with E-state index in [9.17, 15) is 4.39 Å². The number of hydrogen-bond acceptors (Lipinski definition) is 1. The van der Waals surface area contributed by atoms with Gasteiger partial charge in [-0.3, -0.25) is 0 Å². The van der Waals surface area contributed by atoms with Gasteiger partial charge in [0, 0.05) is 5.39 Å². The van der Waals surface area contributed by atoms with Crippen LogP contribution in [0.3, 0.4) is 0 Å². The van der Waals surface area contributed by atoms with Crippen LogP contribution in [0.5, 0.6) is 0 Å². The van der Waals surface area contributed by atoms with Crippen molar-refractivity contribution in [2.45, 2.75) is 5.41 Å². The fourth-order valence-electron chi connectivity index (χ4n) is 4.17. The Kier molecular flexibility index (Phi) is 4.25. The van der Waals surface area contributed by atoms with E-state index in [1.165, 1.54) is 12.1 Å². The summed E-state index contributed by atoms with van der Waals surface area (Å²) in [5.41, 5.74) is 3.22. The highest BCUT2D eigenvalue weighted by Gasteiger charge is 2.41. The molecule has 0 radical (unpaired) electrons. The van der Waals surface area contributed by atoms with Crippen molar-refractivity contribution < 1.29 is 8.81 Å². The molecule has 5 aromatic rings. The number of furan rings is 1. The Labute approximate surface area is 169 Å². The zero-order valence-corrected chi connectivity index (χ0v) is 15.8. The third-order valence-electron chi connectivity index (χ3n) is 5.49. The number of halogens is 1. The predicted octanol–water partition coefficient (Wildman–Crippen LogP) is 6.95. The molecule has 0 spiro atoms. The van der Waals surface area contributed by atoms with Crippen LogP contribution < -0.4 is 0 Å². The van der Waals surface area contributed by atoms with E-state index in [1.807, 2.05) is 72.8 Å². The lowest BCUT2D eigenvalue weighted by Crippen LogP contribution is -2.30. The second-order valence-electron chi connectivity index (χ2n) is 7.14. The number of benzene rings is 4. The van der Waals surface area contributed by atoms with E-state index in [2.05, 4.69) is 30.3 Å². The first kappa shape index (κ1) is 17.4. The lowest BCUT2D eigenvalue weighted by molar-refractivity contribution is 0.491. The zero-order chi connectivity index (χ0) is 19.7. The Morgan fingerprint density at radius 1 is 0.552 bits per heavy atom. The first-order valence-corrected chi connectivity index (χ1v) is 9.64. The molecule has 1 nitrogen and oxygen atoms in total. The van der Waals surface area contributed by atoms with Gasteiger partial charge >= 0.3 is 0 Å². The average molecular weight is 378 g/mol. The van der Waals surface area contributed by atoms with Crippen LogP contribution in [0.25, 0.3) is 11.0 Å². The van der Waals surface area contributed by atoms with Crippen LogP contribution in [-0.2, 0) is 5.41 Å². The largest absolute Gasteiger partial charge is 0.459 e. The molecule has 0 bridgehead atoms. The molecule has 0 aliphatic heterocycles. The van der Waals surface area contributed by atoms with E-state index in [4.69, 9.17) is 4.42 Å². The van der Waals surface area contributed by atoms with Crippen molar-refractivity contribution in [3.05, 3.63) is 144 Å². The van der Waals surface area contributed by atoms with Gasteiger partial charge in [0.15, 0.2) is 0 Å². The summed E-state index contributed by atoms with van der Waals surface area (Å²) < 4.78 is 20.3. The molecule has 1 aromatic heterocycles. The predicted molar refractivity (Wildman–Crippen MR) is 114 cm³/mol. The third kappa shape index (κ3) is 2.85. The highest BCUT2D eigenvalue weighted by Crippen LogP contribution is 2.46. The summed E-state index contributed by atoms with van der Waals surface area (Å²) >= 11 is 0. The number of fused-ring (bicyclic) bond motifs is 1. The van der Waals surface area contributed by atoms with E-state index < -0.39 is 5.41 Å². The molecule has 0 fully saturated rings. The van der Waals surface area contributed by atoms with Gasteiger partial charge in [-0.1, -0.05) is 91.0 Å². The minimum absolute atomic E-state index is 0.256. The summed E-state index contributed by atoms with van der Waals surface area (Å²) in [6, 6.07) is 37.3. The van der Waals surface area contributed by atoms with E-state index in [0.717, 1.165) is 33.4 Å². The molecule has 0 saturated carbocycles. The molecule has 5 rings (SSSR count). The summed E-state index contributed by atoms with van der Waals surface area (Å²) in [5.74, 6) is 0.552. The van der Waals surface area contributed by atoms with E-state index >= 15 is 0 Å². The molecule has 0 aliphatic rings. The van der Waals surface area contributed by atoms with Crippen LogP contribution >= 0.6 is 0 Å². The van der Waals surface area contributed by atoms with Gasteiger partial charge in [-0.15, -0.1) is 0 Å². The fourth-order valence-corrected chi connectivity index (χ4v) is 4.17. The van der Waals surface area contributed by atoms with Gasteiger partial charge in [0.2, 0.25) is 0 Å². The summed E-state index contributed by atoms with van der Waals surface area (Å²) in [6.07, 6.45) is 0. The van der Waals surface area contributed by atoms with Crippen molar-refractivity contribution in [1.82, 2.24) is 0 Å². The molecule has 4 aromatic carbocycles. The van der Waals surface area contributed by atoms with Gasteiger partial charge in [-0.05, 0) is 41.0 Å². The summed E-state index contributed by atoms with van der Waals surface area (Å²) in [6.45, 7) is 0. The van der Waals surface area contributed by atoms with Crippen LogP contribution in [0.4, 0.5) is 4.39 Å². The molecular formula is C27H19FO. The van der Waals surface area contributed by atoms with Crippen molar-refractivity contribution in [3.8, 4) is 0 Å². The molecule has 0 aliphatic carbocycles. The van der Waals surface area contributed by atoms with Gasteiger partial charge in [0.25, 0.3) is 0 Å². The maximum absolute atomic E-state index is 13.8. The van der Waals surface area contributed by atoms with Gasteiger partial charge in [0.05, 0.1) is 0 Å². The van der Waals surface area contributed by atoms with Gasteiger partial charge in [0.1, 0.15) is 22.6 Å². The SMILES string of the molecule is Fc1ccc(C(c2ccccc2)(c2ccccc2)c2cc3ccccc3o2)cc1. The lowest BCUT2D eigenvalue weighted by atomic mass is 9.67. The van der Waals surface area contributed by atoms with Gasteiger partial charge < -0.3 is 4.42 Å². The maximum Gasteiger partial charge on any atom is 0.134 e. The molecular weight excluding hydrogens is 359 g/mol. The van der Waals surface area contributed by atoms with E-state index in [-0.39, 0.29) is 5.82 Å². The zero-order valence-electron chi connectivity index (χ0n) is 15.8. The van der Waals surface area contributed by atoms with Crippen LogP contribution in [0.15, 0.2) is 120 Å². The highest BCUT2D eigenvalue weighted by molar-refractivity contribution is 5.79. The normalized spacial score (nSPS) is 11.6. The monoisotopic (exact) mass is 378 g/mol. The highest BCUT2D eigenvalue weighted by atomic mass is 19.1. The number of hydrogen-bond donors (Lipinski definition) is 0. The van der Waals surface area contributed by atoms with Gasteiger partial charge in [-0.25, -0.2) is 4.39 Å². The first-order valence-electron chi connectivity index (χ1n) is 9.64. The third-order valence-corrected chi connectivity index (χ3v) is 5.49. The smallest absolute Gasteiger partial charge is 0.134 e. The summed E-state index contributed by atoms with van der Waals surface area (Å²) in [4.78, 5) is 0. The molecule has 1 heterocycles. The van der Waals surface area contributed by atoms with Crippen molar-refractivity contribution >= 4 is 11.0 Å². The van der Waals surface area contributed by atoms with Crippen LogP contribution in [-0.4, -0.2) is 0 Å². The van der Waals surface area contributed by atoms with Crippen LogP contribution in [0, 0.1) is 5.82 Å². The van der Waals surface area contributed by atoms with Crippen molar-refractivity contribution in [2.24, 2.45) is 0 Å². The summed E-state index contributed by atoms with van der Waals surface area (Å²) in [7, 11) is 0. The maximum atomic E-state index is 13.8. The molecule has 0 atom stereocenters. The fraction of sp³-hybridized carbons (Fsp3) is 0.0370. The number of rotatable bonds is 4. The topological polar surface area (TPSA) is 13.1 Å². The minimum atomic E-state index is -0.699. The number of para-hydroxylation sites is 1.